The third kappa shape index (κ3) is 3.49. The van der Waals surface area contributed by atoms with E-state index in [2.05, 4.69) is 37.3 Å². The minimum atomic E-state index is 0.214. The first-order chi connectivity index (χ1) is 12.7. The van der Waals surface area contributed by atoms with Gasteiger partial charge in [0.25, 0.3) is 0 Å². The van der Waals surface area contributed by atoms with E-state index in [1.807, 2.05) is 24.3 Å². The first-order valence-corrected chi connectivity index (χ1v) is 10.1. The highest BCUT2D eigenvalue weighted by molar-refractivity contribution is 8.03. The highest BCUT2D eigenvalue weighted by Gasteiger charge is 2.12. The minimum Gasteiger partial charge on any atom is -0.456 e. The Kier molecular flexibility index (Phi) is 4.98. The monoisotopic (exact) mass is 362 g/mol. The van der Waals surface area contributed by atoms with E-state index in [1.54, 1.807) is 11.8 Å². The predicted octanol–water partition coefficient (Wildman–Crippen LogP) is 7.28. The molecule has 1 aliphatic carbocycles. The summed E-state index contributed by atoms with van der Waals surface area (Å²) in [5, 5.41) is 2.11. The van der Waals surface area contributed by atoms with Gasteiger partial charge in [-0.05, 0) is 55.7 Å². The quantitative estimate of drug-likeness (QED) is 0.431. The van der Waals surface area contributed by atoms with E-state index in [4.69, 9.17) is 4.42 Å². The average Bonchev–Trinajstić information content (AvgIpc) is 3.04. The number of hydrogen-bond donors (Lipinski definition) is 0. The van der Waals surface area contributed by atoms with Gasteiger partial charge in [0.2, 0.25) is 0 Å². The van der Waals surface area contributed by atoms with Gasteiger partial charge in [0.05, 0.1) is 0 Å². The Morgan fingerprint density at radius 2 is 1.88 bits per heavy atom. The van der Waals surface area contributed by atoms with E-state index in [-0.39, 0.29) is 5.78 Å². The van der Waals surface area contributed by atoms with Crippen molar-refractivity contribution >= 4 is 39.5 Å². The molecular formula is C23H22O2S. The van der Waals surface area contributed by atoms with Gasteiger partial charge in [0.15, 0.2) is 5.78 Å². The Morgan fingerprint density at radius 3 is 2.65 bits per heavy atom. The summed E-state index contributed by atoms with van der Waals surface area (Å²) < 4.78 is 5.96. The molecule has 0 spiro atoms. The zero-order valence-electron chi connectivity index (χ0n) is 15.0. The maximum absolute atomic E-state index is 12.4. The van der Waals surface area contributed by atoms with Crippen molar-refractivity contribution in [2.75, 3.05) is 0 Å². The van der Waals surface area contributed by atoms with Crippen molar-refractivity contribution in [3.8, 4) is 0 Å². The molecule has 4 rings (SSSR count). The van der Waals surface area contributed by atoms with Crippen molar-refractivity contribution in [1.29, 1.82) is 0 Å². The van der Waals surface area contributed by atoms with Gasteiger partial charge in [-0.1, -0.05) is 43.3 Å². The van der Waals surface area contributed by atoms with Crippen molar-refractivity contribution in [2.45, 2.75) is 43.9 Å². The molecule has 0 radical (unpaired) electrons. The third-order valence-corrected chi connectivity index (χ3v) is 5.74. The van der Waals surface area contributed by atoms with E-state index in [0.29, 0.717) is 6.42 Å². The van der Waals surface area contributed by atoms with Crippen LogP contribution in [-0.2, 0) is 0 Å². The van der Waals surface area contributed by atoms with Gasteiger partial charge in [-0.3, -0.25) is 4.79 Å². The van der Waals surface area contributed by atoms with E-state index < -0.39 is 0 Å². The maximum atomic E-state index is 12.4. The topological polar surface area (TPSA) is 30.2 Å². The zero-order valence-corrected chi connectivity index (χ0v) is 15.8. The van der Waals surface area contributed by atoms with Crippen molar-refractivity contribution in [3.05, 3.63) is 65.1 Å². The summed E-state index contributed by atoms with van der Waals surface area (Å²) in [5.41, 5.74) is 2.49. The lowest BCUT2D eigenvalue weighted by molar-refractivity contribution is 0.0980. The number of furan rings is 1. The molecule has 0 N–H and O–H groups in total. The number of benzene rings is 2. The fraction of sp³-hybridized carbons (Fsp3) is 0.261. The number of thioether (sulfide) groups is 1. The number of carbonyl (C=O) groups is 1. The van der Waals surface area contributed by atoms with Crippen LogP contribution in [0.3, 0.4) is 0 Å². The number of rotatable bonds is 6. The largest absolute Gasteiger partial charge is 0.456 e. The molecule has 0 atom stereocenters. The number of ketones is 1. The first kappa shape index (κ1) is 17.2. The van der Waals surface area contributed by atoms with Crippen LogP contribution in [0.25, 0.3) is 21.9 Å². The van der Waals surface area contributed by atoms with Crippen LogP contribution in [0.4, 0.5) is 0 Å². The van der Waals surface area contributed by atoms with Crippen LogP contribution in [0.15, 0.2) is 68.8 Å². The van der Waals surface area contributed by atoms with E-state index in [1.165, 1.54) is 9.80 Å². The molecule has 3 aromatic rings. The number of carbonyl (C=O) groups excluding carboxylic acids is 1. The summed E-state index contributed by atoms with van der Waals surface area (Å²) >= 11 is 1.78. The van der Waals surface area contributed by atoms with Crippen LogP contribution < -0.4 is 0 Å². The summed E-state index contributed by atoms with van der Waals surface area (Å²) in [5.74, 6) is 0.214. The molecule has 26 heavy (non-hydrogen) atoms. The van der Waals surface area contributed by atoms with Gasteiger partial charge >= 0.3 is 0 Å². The van der Waals surface area contributed by atoms with Crippen molar-refractivity contribution < 1.29 is 9.21 Å². The molecule has 0 saturated heterocycles. The van der Waals surface area contributed by atoms with Crippen LogP contribution in [0.5, 0.6) is 0 Å². The fourth-order valence-corrected chi connectivity index (χ4v) is 4.23. The Bertz CT molecular complexity index is 1020. The van der Waals surface area contributed by atoms with Crippen LogP contribution >= 0.6 is 11.8 Å². The number of hydrogen-bond acceptors (Lipinski definition) is 3. The molecule has 2 nitrogen and oxygen atoms in total. The van der Waals surface area contributed by atoms with Crippen LogP contribution in [0, 0.1) is 0 Å². The second-order valence-corrected chi connectivity index (χ2v) is 7.83. The van der Waals surface area contributed by atoms with Gasteiger partial charge in [0.1, 0.15) is 11.2 Å². The van der Waals surface area contributed by atoms with Crippen LogP contribution in [-0.4, -0.2) is 5.78 Å². The number of allylic oxidation sites excluding steroid dienone is 3. The third-order valence-electron chi connectivity index (χ3n) is 4.72. The summed E-state index contributed by atoms with van der Waals surface area (Å²) in [6.07, 6.45) is 11.5. The molecule has 0 unspecified atom stereocenters. The molecule has 2 aromatic carbocycles. The Balaban J connectivity index is 1.70. The Labute approximate surface area is 158 Å². The lowest BCUT2D eigenvalue weighted by Crippen LogP contribution is -1.97. The van der Waals surface area contributed by atoms with Gasteiger partial charge in [-0.2, -0.15) is 0 Å². The fourth-order valence-electron chi connectivity index (χ4n) is 3.28. The molecular weight excluding hydrogens is 340 g/mol. The normalized spacial score (nSPS) is 14.1. The molecule has 0 amide bonds. The van der Waals surface area contributed by atoms with Crippen molar-refractivity contribution in [1.82, 2.24) is 0 Å². The van der Waals surface area contributed by atoms with Crippen LogP contribution in [0.1, 0.15) is 49.4 Å². The predicted molar refractivity (Wildman–Crippen MR) is 110 cm³/mol. The first-order valence-electron chi connectivity index (χ1n) is 9.28. The van der Waals surface area contributed by atoms with E-state index in [0.717, 1.165) is 53.2 Å². The SMILES string of the molecule is CCCCC(=O)c1ccc2oc3ccc(SC4=CCCC=C4)cc3c2c1. The molecule has 0 aliphatic heterocycles. The zero-order chi connectivity index (χ0) is 17.9. The highest BCUT2D eigenvalue weighted by atomic mass is 32.2. The van der Waals surface area contributed by atoms with Crippen molar-refractivity contribution in [3.63, 3.8) is 0 Å². The second kappa shape index (κ2) is 7.55. The molecule has 0 bridgehead atoms. The summed E-state index contributed by atoms with van der Waals surface area (Å²) in [7, 11) is 0. The Morgan fingerprint density at radius 1 is 1.08 bits per heavy atom. The lowest BCUT2D eigenvalue weighted by atomic mass is 10.0. The standard InChI is InChI=1S/C23H22O2S/c1-2-3-9-21(24)16-10-12-22-19(14-16)20-15-18(11-13-23(20)25-22)26-17-7-5-4-6-8-17/h5,7-8,10-15H,2-4,6,9H2,1H3. The molecule has 0 fully saturated rings. The molecule has 1 heterocycles. The summed E-state index contributed by atoms with van der Waals surface area (Å²) in [4.78, 5) is 14.9. The Hall–Kier alpha value is -2.26. The van der Waals surface area contributed by atoms with Gasteiger partial charge in [-0.15, -0.1) is 0 Å². The molecule has 3 heteroatoms. The lowest BCUT2D eigenvalue weighted by Gasteiger charge is -2.06. The molecule has 1 aliphatic rings. The number of Topliss-reactive ketones (excluding diaryl/α,β-unsaturated/α-hetero) is 1. The van der Waals surface area contributed by atoms with E-state index in [9.17, 15) is 4.79 Å². The molecule has 132 valence electrons. The van der Waals surface area contributed by atoms with Gasteiger partial charge in [-0.25, -0.2) is 0 Å². The smallest absolute Gasteiger partial charge is 0.162 e. The molecule has 1 aromatic heterocycles. The van der Waals surface area contributed by atoms with E-state index >= 15 is 0 Å². The second-order valence-electron chi connectivity index (χ2n) is 6.69. The summed E-state index contributed by atoms with van der Waals surface area (Å²) in [6, 6.07) is 12.1. The highest BCUT2D eigenvalue weighted by Crippen LogP contribution is 2.36. The van der Waals surface area contributed by atoms with Crippen molar-refractivity contribution in [2.24, 2.45) is 0 Å². The van der Waals surface area contributed by atoms with Crippen LogP contribution in [0.2, 0.25) is 0 Å². The average molecular weight is 362 g/mol. The number of unbranched alkanes of at least 4 members (excludes halogenated alkanes) is 1. The minimum absolute atomic E-state index is 0.214. The summed E-state index contributed by atoms with van der Waals surface area (Å²) in [6.45, 7) is 2.11. The molecule has 0 saturated carbocycles. The number of fused-ring (bicyclic) bond motifs is 3. The van der Waals surface area contributed by atoms with Gasteiger partial charge in [0, 0.05) is 32.6 Å². The van der Waals surface area contributed by atoms with Gasteiger partial charge < -0.3 is 4.42 Å². The maximum Gasteiger partial charge on any atom is 0.162 e.